The molecule has 0 aliphatic rings. The Labute approximate surface area is 119 Å². The summed E-state index contributed by atoms with van der Waals surface area (Å²) in [5, 5.41) is 9.64. The Bertz CT molecular complexity index is 649. The SMILES string of the molecule is Nc1nnc(SCC(=O)Nc2ccc(F)c(F)c2F)s1. The Morgan fingerprint density at radius 1 is 1.30 bits per heavy atom. The third kappa shape index (κ3) is 3.39. The van der Waals surface area contributed by atoms with Gasteiger partial charge in [-0.25, -0.2) is 13.2 Å². The zero-order valence-electron chi connectivity index (χ0n) is 9.69. The van der Waals surface area contributed by atoms with Gasteiger partial charge in [0.1, 0.15) is 0 Å². The van der Waals surface area contributed by atoms with Crippen molar-refractivity contribution < 1.29 is 18.0 Å². The summed E-state index contributed by atoms with van der Waals surface area (Å²) in [5.41, 5.74) is 4.94. The number of hydrogen-bond donors (Lipinski definition) is 2. The lowest BCUT2D eigenvalue weighted by atomic mass is 10.3. The number of nitrogens with two attached hydrogens (primary N) is 1. The molecule has 2 rings (SSSR count). The van der Waals surface area contributed by atoms with E-state index < -0.39 is 29.0 Å². The first kappa shape index (κ1) is 14.6. The molecule has 1 aromatic carbocycles. The number of hydrogen-bond acceptors (Lipinski definition) is 6. The van der Waals surface area contributed by atoms with Gasteiger partial charge < -0.3 is 11.1 Å². The van der Waals surface area contributed by atoms with Crippen molar-refractivity contribution in [2.75, 3.05) is 16.8 Å². The molecule has 0 aliphatic carbocycles. The highest BCUT2D eigenvalue weighted by Gasteiger charge is 2.15. The summed E-state index contributed by atoms with van der Waals surface area (Å²) in [4.78, 5) is 11.6. The maximum atomic E-state index is 13.3. The van der Waals surface area contributed by atoms with Gasteiger partial charge in [0.2, 0.25) is 11.0 Å². The van der Waals surface area contributed by atoms with Crippen LogP contribution in [-0.4, -0.2) is 21.9 Å². The van der Waals surface area contributed by atoms with Gasteiger partial charge in [0.25, 0.3) is 0 Å². The van der Waals surface area contributed by atoms with Crippen LogP contribution in [0, 0.1) is 17.5 Å². The normalized spacial score (nSPS) is 10.6. The number of nitrogens with zero attached hydrogens (tertiary/aromatic N) is 2. The zero-order chi connectivity index (χ0) is 14.7. The van der Waals surface area contributed by atoms with E-state index in [9.17, 15) is 18.0 Å². The fraction of sp³-hybridized carbons (Fsp3) is 0.100. The number of rotatable bonds is 4. The molecule has 0 saturated carbocycles. The monoisotopic (exact) mass is 320 g/mol. The van der Waals surface area contributed by atoms with E-state index >= 15 is 0 Å². The highest BCUT2D eigenvalue weighted by atomic mass is 32.2. The predicted octanol–water partition coefficient (Wildman–Crippen LogP) is 2.27. The van der Waals surface area contributed by atoms with Crippen molar-refractivity contribution in [3.63, 3.8) is 0 Å². The van der Waals surface area contributed by atoms with E-state index in [0.29, 0.717) is 4.34 Å². The Morgan fingerprint density at radius 2 is 2.05 bits per heavy atom. The van der Waals surface area contributed by atoms with Crippen LogP contribution in [0.1, 0.15) is 0 Å². The van der Waals surface area contributed by atoms with E-state index in [4.69, 9.17) is 5.73 Å². The molecule has 20 heavy (non-hydrogen) atoms. The van der Waals surface area contributed by atoms with Gasteiger partial charge >= 0.3 is 0 Å². The number of aromatic nitrogens is 2. The van der Waals surface area contributed by atoms with Crippen LogP contribution in [0.2, 0.25) is 0 Å². The van der Waals surface area contributed by atoms with Crippen LogP contribution in [0.3, 0.4) is 0 Å². The molecular weight excluding hydrogens is 313 g/mol. The molecule has 0 atom stereocenters. The summed E-state index contributed by atoms with van der Waals surface area (Å²) in [6.07, 6.45) is 0. The molecule has 5 nitrogen and oxygen atoms in total. The lowest BCUT2D eigenvalue weighted by Gasteiger charge is -2.06. The minimum atomic E-state index is -1.63. The maximum absolute atomic E-state index is 13.3. The molecule has 0 aliphatic heterocycles. The highest BCUT2D eigenvalue weighted by Crippen LogP contribution is 2.24. The molecule has 3 N–H and O–H groups in total. The van der Waals surface area contributed by atoms with Crippen LogP contribution in [0.25, 0.3) is 0 Å². The Kier molecular flexibility index (Phi) is 4.45. The van der Waals surface area contributed by atoms with Crippen molar-refractivity contribution in [2.24, 2.45) is 0 Å². The van der Waals surface area contributed by atoms with Gasteiger partial charge in [0.05, 0.1) is 11.4 Å². The number of carbonyl (C=O) groups excluding carboxylic acids is 1. The van der Waals surface area contributed by atoms with Gasteiger partial charge in [0.15, 0.2) is 21.8 Å². The molecule has 0 spiro atoms. The quantitative estimate of drug-likeness (QED) is 0.667. The molecule has 1 heterocycles. The van der Waals surface area contributed by atoms with Crippen LogP contribution in [0.15, 0.2) is 16.5 Å². The number of anilines is 2. The third-order valence-corrected chi connectivity index (χ3v) is 3.94. The lowest BCUT2D eigenvalue weighted by molar-refractivity contribution is -0.113. The summed E-state index contributed by atoms with van der Waals surface area (Å²) in [5.74, 6) is -5.07. The molecule has 2 aromatic rings. The number of nitrogens with one attached hydrogen (secondary N) is 1. The summed E-state index contributed by atoms with van der Waals surface area (Å²) >= 11 is 2.14. The van der Waals surface area contributed by atoms with E-state index in [-0.39, 0.29) is 10.9 Å². The second-order valence-electron chi connectivity index (χ2n) is 3.47. The number of carbonyl (C=O) groups is 1. The lowest BCUT2D eigenvalue weighted by Crippen LogP contribution is -2.15. The molecule has 10 heteroatoms. The Morgan fingerprint density at radius 3 is 2.70 bits per heavy atom. The van der Waals surface area contributed by atoms with Crippen molar-refractivity contribution >= 4 is 39.8 Å². The molecular formula is C10H7F3N4OS2. The number of nitrogen functional groups attached to an aromatic ring is 1. The second kappa shape index (κ2) is 6.09. The van der Waals surface area contributed by atoms with Crippen molar-refractivity contribution in [3.8, 4) is 0 Å². The smallest absolute Gasteiger partial charge is 0.234 e. The second-order valence-corrected chi connectivity index (χ2v) is 5.70. The number of halogens is 3. The fourth-order valence-corrected chi connectivity index (χ4v) is 2.65. The van der Waals surface area contributed by atoms with Gasteiger partial charge in [0, 0.05) is 0 Å². The van der Waals surface area contributed by atoms with Crippen molar-refractivity contribution in [2.45, 2.75) is 4.34 Å². The van der Waals surface area contributed by atoms with Gasteiger partial charge in [-0.05, 0) is 12.1 Å². The maximum Gasteiger partial charge on any atom is 0.234 e. The summed E-state index contributed by atoms with van der Waals surface area (Å²) < 4.78 is 39.5. The molecule has 106 valence electrons. The van der Waals surface area contributed by atoms with E-state index in [0.717, 1.165) is 35.2 Å². The first-order chi connectivity index (χ1) is 9.47. The number of thioether (sulfide) groups is 1. The molecule has 1 aromatic heterocycles. The standard InChI is InChI=1S/C10H7F3N4OS2/c11-4-1-2-5(8(13)7(4)12)15-6(18)3-19-10-17-16-9(14)20-10/h1-2H,3H2,(H2,14,16)(H,15,18). The average molecular weight is 320 g/mol. The molecule has 0 fully saturated rings. The summed E-state index contributed by atoms with van der Waals surface area (Å²) in [6.45, 7) is 0. The Hall–Kier alpha value is -1.81. The first-order valence-corrected chi connectivity index (χ1v) is 6.92. The van der Waals surface area contributed by atoms with Gasteiger partial charge in [-0.3, -0.25) is 4.79 Å². The number of benzene rings is 1. The summed E-state index contributed by atoms with van der Waals surface area (Å²) in [6, 6.07) is 1.67. The molecule has 0 saturated heterocycles. The van der Waals surface area contributed by atoms with E-state index in [2.05, 4.69) is 15.5 Å². The minimum Gasteiger partial charge on any atom is -0.374 e. The van der Waals surface area contributed by atoms with Gasteiger partial charge in [-0.15, -0.1) is 10.2 Å². The largest absolute Gasteiger partial charge is 0.374 e. The van der Waals surface area contributed by atoms with Crippen LogP contribution in [0.4, 0.5) is 24.0 Å². The summed E-state index contributed by atoms with van der Waals surface area (Å²) in [7, 11) is 0. The van der Waals surface area contributed by atoms with E-state index in [1.807, 2.05) is 0 Å². The minimum absolute atomic E-state index is 0.0902. The van der Waals surface area contributed by atoms with Crippen molar-refractivity contribution in [3.05, 3.63) is 29.6 Å². The van der Waals surface area contributed by atoms with E-state index in [1.165, 1.54) is 0 Å². The predicted molar refractivity (Wildman–Crippen MR) is 70.0 cm³/mol. The van der Waals surface area contributed by atoms with E-state index in [1.54, 1.807) is 0 Å². The third-order valence-electron chi connectivity index (χ3n) is 2.06. The highest BCUT2D eigenvalue weighted by molar-refractivity contribution is 8.01. The Balaban J connectivity index is 1.96. The fourth-order valence-electron chi connectivity index (χ4n) is 1.21. The van der Waals surface area contributed by atoms with Gasteiger partial charge in [-0.1, -0.05) is 23.1 Å². The average Bonchev–Trinajstić information content (AvgIpc) is 2.83. The molecule has 0 bridgehead atoms. The van der Waals surface area contributed by atoms with Crippen LogP contribution in [0.5, 0.6) is 0 Å². The van der Waals surface area contributed by atoms with Crippen molar-refractivity contribution in [1.29, 1.82) is 0 Å². The molecule has 0 radical (unpaired) electrons. The van der Waals surface area contributed by atoms with Crippen LogP contribution in [-0.2, 0) is 4.79 Å². The van der Waals surface area contributed by atoms with Crippen molar-refractivity contribution in [1.82, 2.24) is 10.2 Å². The zero-order valence-corrected chi connectivity index (χ0v) is 11.3. The van der Waals surface area contributed by atoms with Gasteiger partial charge in [-0.2, -0.15) is 0 Å². The molecule has 1 amide bonds. The molecule has 0 unspecified atom stereocenters. The topological polar surface area (TPSA) is 80.9 Å². The van der Waals surface area contributed by atoms with Crippen LogP contribution < -0.4 is 11.1 Å². The van der Waals surface area contributed by atoms with Crippen LogP contribution >= 0.6 is 23.1 Å². The first-order valence-electron chi connectivity index (χ1n) is 5.12. The number of amides is 1.